The summed E-state index contributed by atoms with van der Waals surface area (Å²) in [6.45, 7) is -0.0906. The van der Waals surface area contributed by atoms with Crippen LogP contribution in [0.3, 0.4) is 0 Å². The average Bonchev–Trinajstić information content (AvgIpc) is 3.15. The van der Waals surface area contributed by atoms with Crippen molar-refractivity contribution >= 4 is 23.0 Å². The maximum absolute atomic E-state index is 11.8. The molecule has 3 heterocycles. The maximum Gasteiger partial charge on any atom is 0.337 e. The second kappa shape index (κ2) is 5.82. The molecule has 0 bridgehead atoms. The first-order valence-corrected chi connectivity index (χ1v) is 6.43. The van der Waals surface area contributed by atoms with E-state index >= 15 is 0 Å². The number of nitrogens with two attached hydrogens (primary N) is 1. The van der Waals surface area contributed by atoms with Crippen molar-refractivity contribution < 1.29 is 19.1 Å². The van der Waals surface area contributed by atoms with E-state index < -0.39 is 12.1 Å². The van der Waals surface area contributed by atoms with E-state index in [2.05, 4.69) is 15.0 Å². The number of esters is 1. The molecule has 9 heteroatoms. The molecule has 0 aliphatic rings. The van der Waals surface area contributed by atoms with Crippen LogP contribution in [0.15, 0.2) is 35.5 Å². The van der Waals surface area contributed by atoms with E-state index in [4.69, 9.17) is 14.9 Å². The fraction of sp³-hybridized carbons (Fsp3) is 0.231. The van der Waals surface area contributed by atoms with Crippen molar-refractivity contribution in [3.63, 3.8) is 0 Å². The van der Waals surface area contributed by atoms with Crippen LogP contribution >= 0.6 is 0 Å². The van der Waals surface area contributed by atoms with Gasteiger partial charge in [0.2, 0.25) is 0 Å². The van der Waals surface area contributed by atoms with E-state index in [9.17, 15) is 9.90 Å². The third-order valence-electron chi connectivity index (χ3n) is 3.01. The van der Waals surface area contributed by atoms with Gasteiger partial charge in [-0.15, -0.1) is 0 Å². The quantitative estimate of drug-likeness (QED) is 0.635. The summed E-state index contributed by atoms with van der Waals surface area (Å²) in [4.78, 5) is 23.7. The topological polar surface area (TPSA) is 129 Å². The van der Waals surface area contributed by atoms with Crippen molar-refractivity contribution in [3.8, 4) is 0 Å². The first kappa shape index (κ1) is 14.0. The standard InChI is InChI=1S/C13H13N5O4/c14-11-10-12(16-6-15-11)18(7-17-10)4-9(19)13(20)22-5-8-2-1-3-21-8/h1-3,6-7,9,19H,4-5H2,(H2,14,15,16). The number of rotatable bonds is 5. The number of anilines is 1. The molecule has 0 fully saturated rings. The molecule has 0 saturated heterocycles. The number of hydrogen-bond acceptors (Lipinski definition) is 8. The third-order valence-corrected chi connectivity index (χ3v) is 3.01. The number of aromatic nitrogens is 4. The highest BCUT2D eigenvalue weighted by Gasteiger charge is 2.19. The first-order chi connectivity index (χ1) is 10.6. The molecule has 3 rings (SSSR count). The Labute approximate surface area is 124 Å². The number of carbonyl (C=O) groups is 1. The molecule has 1 unspecified atom stereocenters. The molecule has 22 heavy (non-hydrogen) atoms. The summed E-state index contributed by atoms with van der Waals surface area (Å²) in [6, 6.07) is 3.35. The van der Waals surface area contributed by atoms with Gasteiger partial charge >= 0.3 is 5.97 Å². The van der Waals surface area contributed by atoms with Gasteiger partial charge in [-0.2, -0.15) is 0 Å². The van der Waals surface area contributed by atoms with Crippen molar-refractivity contribution in [1.82, 2.24) is 19.5 Å². The largest absolute Gasteiger partial charge is 0.466 e. The molecule has 0 aromatic carbocycles. The molecule has 3 N–H and O–H groups in total. The van der Waals surface area contributed by atoms with E-state index in [0.717, 1.165) is 0 Å². The molecule has 9 nitrogen and oxygen atoms in total. The molecule has 0 saturated carbocycles. The summed E-state index contributed by atoms with van der Waals surface area (Å²) >= 11 is 0. The van der Waals surface area contributed by atoms with E-state index in [0.29, 0.717) is 16.9 Å². The predicted octanol–water partition coefficient (Wildman–Crippen LogP) is 0.106. The Morgan fingerprint density at radius 1 is 1.45 bits per heavy atom. The smallest absolute Gasteiger partial charge is 0.337 e. The van der Waals surface area contributed by atoms with Gasteiger partial charge < -0.3 is 24.6 Å². The molecule has 114 valence electrons. The minimum atomic E-state index is -1.36. The number of hydrogen-bond donors (Lipinski definition) is 2. The van der Waals surface area contributed by atoms with Gasteiger partial charge in [-0.3, -0.25) is 0 Å². The van der Waals surface area contributed by atoms with Crippen molar-refractivity contribution in [2.24, 2.45) is 0 Å². The molecule has 3 aromatic rings. The molecule has 0 spiro atoms. The summed E-state index contributed by atoms with van der Waals surface area (Å²) < 4.78 is 11.5. The van der Waals surface area contributed by atoms with Gasteiger partial charge in [0.1, 0.15) is 24.2 Å². The van der Waals surface area contributed by atoms with Crippen molar-refractivity contribution in [3.05, 3.63) is 36.8 Å². The predicted molar refractivity (Wildman–Crippen MR) is 74.2 cm³/mol. The molecular formula is C13H13N5O4. The Bertz CT molecular complexity index is 783. The lowest BCUT2D eigenvalue weighted by atomic mass is 10.3. The number of furan rings is 1. The number of aliphatic hydroxyl groups excluding tert-OH is 1. The van der Waals surface area contributed by atoms with Gasteiger partial charge in [0, 0.05) is 0 Å². The van der Waals surface area contributed by atoms with Crippen LogP contribution in [0.4, 0.5) is 5.82 Å². The summed E-state index contributed by atoms with van der Waals surface area (Å²) in [7, 11) is 0. The zero-order valence-electron chi connectivity index (χ0n) is 11.4. The highest BCUT2D eigenvalue weighted by atomic mass is 16.6. The summed E-state index contributed by atoms with van der Waals surface area (Å²) in [6.07, 6.45) is 2.83. The number of carbonyl (C=O) groups excluding carboxylic acids is 1. The average molecular weight is 303 g/mol. The Balaban J connectivity index is 1.66. The van der Waals surface area contributed by atoms with Crippen LogP contribution < -0.4 is 5.73 Å². The van der Waals surface area contributed by atoms with E-state index in [1.54, 1.807) is 12.1 Å². The van der Waals surface area contributed by atoms with Gasteiger partial charge in [0.15, 0.2) is 17.6 Å². The monoisotopic (exact) mass is 303 g/mol. The minimum Gasteiger partial charge on any atom is -0.466 e. The number of fused-ring (bicyclic) bond motifs is 1. The fourth-order valence-electron chi connectivity index (χ4n) is 1.93. The molecule has 0 radical (unpaired) electrons. The maximum atomic E-state index is 11.8. The Morgan fingerprint density at radius 3 is 3.09 bits per heavy atom. The molecular weight excluding hydrogens is 290 g/mol. The highest BCUT2D eigenvalue weighted by molar-refractivity contribution is 5.81. The van der Waals surface area contributed by atoms with Gasteiger partial charge in [-0.25, -0.2) is 19.7 Å². The van der Waals surface area contributed by atoms with Crippen molar-refractivity contribution in [2.75, 3.05) is 5.73 Å². The van der Waals surface area contributed by atoms with Crippen LogP contribution in [0, 0.1) is 0 Å². The SMILES string of the molecule is Nc1ncnc2c1ncn2CC(O)C(=O)OCc1ccco1. The normalized spacial score (nSPS) is 12.4. The molecule has 0 amide bonds. The first-order valence-electron chi connectivity index (χ1n) is 6.43. The van der Waals surface area contributed by atoms with Crippen LogP contribution in [0.5, 0.6) is 0 Å². The Hall–Kier alpha value is -2.94. The Morgan fingerprint density at radius 2 is 2.32 bits per heavy atom. The fourth-order valence-corrected chi connectivity index (χ4v) is 1.93. The van der Waals surface area contributed by atoms with Gasteiger partial charge in [-0.05, 0) is 12.1 Å². The van der Waals surface area contributed by atoms with Gasteiger partial charge in [-0.1, -0.05) is 0 Å². The van der Waals surface area contributed by atoms with Crippen LogP contribution in [-0.2, 0) is 22.7 Å². The molecule has 0 aliphatic heterocycles. The second-order valence-electron chi connectivity index (χ2n) is 4.53. The number of imidazole rings is 1. The Kier molecular flexibility index (Phi) is 3.71. The van der Waals surface area contributed by atoms with E-state index in [-0.39, 0.29) is 19.0 Å². The zero-order valence-corrected chi connectivity index (χ0v) is 11.4. The lowest BCUT2D eigenvalue weighted by Gasteiger charge is -2.11. The minimum absolute atomic E-state index is 0.0390. The molecule has 0 aliphatic carbocycles. The van der Waals surface area contributed by atoms with Crippen LogP contribution in [0.2, 0.25) is 0 Å². The van der Waals surface area contributed by atoms with Crippen molar-refractivity contribution in [2.45, 2.75) is 19.3 Å². The van der Waals surface area contributed by atoms with E-state index in [1.807, 2.05) is 0 Å². The molecule has 1 atom stereocenters. The third kappa shape index (κ3) is 2.74. The van der Waals surface area contributed by atoms with Crippen LogP contribution in [0.1, 0.15) is 5.76 Å². The number of ether oxygens (including phenoxy) is 1. The summed E-state index contributed by atoms with van der Waals surface area (Å²) in [5, 5.41) is 9.92. The van der Waals surface area contributed by atoms with Gasteiger partial charge in [0.25, 0.3) is 0 Å². The molecule has 3 aromatic heterocycles. The zero-order chi connectivity index (χ0) is 15.5. The second-order valence-corrected chi connectivity index (χ2v) is 4.53. The number of aliphatic hydroxyl groups is 1. The van der Waals surface area contributed by atoms with Crippen LogP contribution in [-0.4, -0.2) is 36.7 Å². The summed E-state index contributed by atoms with van der Waals surface area (Å²) in [5.74, 6) is -0.0342. The van der Waals surface area contributed by atoms with Crippen LogP contribution in [0.25, 0.3) is 11.2 Å². The van der Waals surface area contributed by atoms with E-state index in [1.165, 1.54) is 23.5 Å². The lowest BCUT2D eigenvalue weighted by Crippen LogP contribution is -2.27. The van der Waals surface area contributed by atoms with Crippen molar-refractivity contribution in [1.29, 1.82) is 0 Å². The number of nitrogens with zero attached hydrogens (tertiary/aromatic N) is 4. The summed E-state index contributed by atoms with van der Waals surface area (Å²) in [5.41, 5.74) is 6.52. The number of nitrogen functional groups attached to an aromatic ring is 1. The highest BCUT2D eigenvalue weighted by Crippen LogP contribution is 2.14. The van der Waals surface area contributed by atoms with Gasteiger partial charge in [0.05, 0.1) is 19.1 Å². The lowest BCUT2D eigenvalue weighted by molar-refractivity contribution is -0.156.